The van der Waals surface area contributed by atoms with Crippen LogP contribution in [0.1, 0.15) is 5.56 Å². The highest BCUT2D eigenvalue weighted by Gasteiger charge is 2.19. The van der Waals surface area contributed by atoms with E-state index >= 15 is 0 Å². The van der Waals surface area contributed by atoms with E-state index in [-0.39, 0.29) is 0 Å². The summed E-state index contributed by atoms with van der Waals surface area (Å²) in [5.74, 6) is 0. The van der Waals surface area contributed by atoms with Gasteiger partial charge in [-0.05, 0) is 11.6 Å². The van der Waals surface area contributed by atoms with Gasteiger partial charge in [0, 0.05) is 25.8 Å². The van der Waals surface area contributed by atoms with Gasteiger partial charge in [-0.3, -0.25) is 4.99 Å². The first-order valence-electron chi connectivity index (χ1n) is 5.05. The fraction of sp³-hybridized carbons (Fsp3) is 0.364. The van der Waals surface area contributed by atoms with E-state index in [9.17, 15) is 0 Å². The summed E-state index contributed by atoms with van der Waals surface area (Å²) < 4.78 is 0. The van der Waals surface area contributed by atoms with Gasteiger partial charge in [0.2, 0.25) is 0 Å². The normalized spacial score (nSPS) is 19.0. The first-order chi connectivity index (χ1) is 6.95. The monoisotopic (exact) mass is 187 g/mol. The number of rotatable bonds is 0. The van der Waals surface area contributed by atoms with Crippen LogP contribution in [0.4, 0.5) is 11.4 Å². The zero-order valence-corrected chi connectivity index (χ0v) is 8.03. The quantitative estimate of drug-likeness (QED) is 0.663. The number of hydrogen-bond acceptors (Lipinski definition) is 3. The molecule has 1 N–H and O–H groups in total. The summed E-state index contributed by atoms with van der Waals surface area (Å²) in [6.45, 7) is 4.05. The van der Waals surface area contributed by atoms with Gasteiger partial charge in [-0.1, -0.05) is 12.1 Å². The van der Waals surface area contributed by atoms with Gasteiger partial charge in [0.05, 0.1) is 17.9 Å². The molecule has 0 saturated heterocycles. The SMILES string of the molecule is C1=Nc2cccc3c2N(C1)CCNC3. The van der Waals surface area contributed by atoms with Crippen LogP contribution in [0.5, 0.6) is 0 Å². The minimum Gasteiger partial charge on any atom is -0.363 e. The molecule has 1 aromatic carbocycles. The van der Waals surface area contributed by atoms with Crippen LogP contribution in [0.3, 0.4) is 0 Å². The van der Waals surface area contributed by atoms with Crippen molar-refractivity contribution in [2.24, 2.45) is 4.99 Å². The van der Waals surface area contributed by atoms with Crippen molar-refractivity contribution in [1.82, 2.24) is 5.32 Å². The van der Waals surface area contributed by atoms with Crippen molar-refractivity contribution in [1.29, 1.82) is 0 Å². The Labute approximate surface area is 83.4 Å². The van der Waals surface area contributed by atoms with E-state index in [0.717, 1.165) is 31.9 Å². The van der Waals surface area contributed by atoms with Crippen molar-refractivity contribution in [3.05, 3.63) is 23.8 Å². The Hall–Kier alpha value is -1.35. The molecule has 3 nitrogen and oxygen atoms in total. The Morgan fingerprint density at radius 2 is 2.36 bits per heavy atom. The lowest BCUT2D eigenvalue weighted by Crippen LogP contribution is -2.31. The molecule has 0 amide bonds. The molecule has 0 saturated carbocycles. The van der Waals surface area contributed by atoms with Crippen molar-refractivity contribution >= 4 is 17.6 Å². The van der Waals surface area contributed by atoms with Crippen LogP contribution in [0, 0.1) is 0 Å². The first kappa shape index (κ1) is 8.00. The molecule has 2 aliphatic rings. The van der Waals surface area contributed by atoms with Gasteiger partial charge in [0.15, 0.2) is 0 Å². The van der Waals surface area contributed by atoms with Crippen molar-refractivity contribution in [2.45, 2.75) is 6.54 Å². The Kier molecular flexibility index (Phi) is 1.77. The number of nitrogens with zero attached hydrogens (tertiary/aromatic N) is 2. The van der Waals surface area contributed by atoms with Crippen LogP contribution in [0.15, 0.2) is 23.2 Å². The Morgan fingerprint density at radius 3 is 3.36 bits per heavy atom. The first-order valence-corrected chi connectivity index (χ1v) is 5.05. The number of anilines is 1. The highest BCUT2D eigenvalue weighted by atomic mass is 15.2. The fourth-order valence-electron chi connectivity index (χ4n) is 2.16. The molecule has 0 radical (unpaired) electrons. The summed E-state index contributed by atoms with van der Waals surface area (Å²) in [4.78, 5) is 6.83. The van der Waals surface area contributed by atoms with Crippen LogP contribution in [-0.2, 0) is 6.54 Å². The molecule has 0 aliphatic carbocycles. The van der Waals surface area contributed by atoms with E-state index < -0.39 is 0 Å². The lowest BCUT2D eigenvalue weighted by atomic mass is 10.1. The standard InChI is InChI=1S/C11H13N3/c1-2-9-8-12-4-6-14-7-5-13-10(3-1)11(9)14/h1-3,5,12H,4,6-8H2. The van der Waals surface area contributed by atoms with Gasteiger partial charge >= 0.3 is 0 Å². The lowest BCUT2D eigenvalue weighted by Gasteiger charge is -2.27. The number of para-hydroxylation sites is 1. The molecule has 3 heteroatoms. The second kappa shape index (κ2) is 3.10. The summed E-state index contributed by atoms with van der Waals surface area (Å²) >= 11 is 0. The fourth-order valence-corrected chi connectivity index (χ4v) is 2.16. The summed E-state index contributed by atoms with van der Waals surface area (Å²) in [5.41, 5.74) is 3.83. The molecule has 0 atom stereocenters. The second-order valence-electron chi connectivity index (χ2n) is 3.72. The van der Waals surface area contributed by atoms with E-state index in [4.69, 9.17) is 0 Å². The molecule has 72 valence electrons. The molecule has 0 spiro atoms. The summed E-state index contributed by atoms with van der Waals surface area (Å²) in [6, 6.07) is 6.36. The van der Waals surface area contributed by atoms with Crippen LogP contribution in [0.2, 0.25) is 0 Å². The molecule has 0 unspecified atom stereocenters. The molecule has 3 rings (SSSR count). The average molecular weight is 187 g/mol. The minimum atomic E-state index is 0.950. The van der Waals surface area contributed by atoms with Gasteiger partial charge in [-0.25, -0.2) is 0 Å². The van der Waals surface area contributed by atoms with Gasteiger partial charge in [-0.2, -0.15) is 0 Å². The van der Waals surface area contributed by atoms with Crippen molar-refractivity contribution in [3.63, 3.8) is 0 Å². The third-order valence-electron chi connectivity index (χ3n) is 2.82. The van der Waals surface area contributed by atoms with Crippen LogP contribution in [-0.4, -0.2) is 25.8 Å². The highest BCUT2D eigenvalue weighted by molar-refractivity contribution is 5.83. The Morgan fingerprint density at radius 1 is 1.36 bits per heavy atom. The minimum absolute atomic E-state index is 0.950. The van der Waals surface area contributed by atoms with E-state index in [1.807, 2.05) is 6.21 Å². The van der Waals surface area contributed by atoms with Gasteiger partial charge in [-0.15, -0.1) is 0 Å². The van der Waals surface area contributed by atoms with E-state index in [2.05, 4.69) is 33.4 Å². The molecular formula is C11H13N3. The molecule has 14 heavy (non-hydrogen) atoms. The highest BCUT2D eigenvalue weighted by Crippen LogP contribution is 2.34. The molecule has 1 aromatic rings. The van der Waals surface area contributed by atoms with Crippen molar-refractivity contribution in [3.8, 4) is 0 Å². The molecule has 0 fully saturated rings. The summed E-state index contributed by atoms with van der Waals surface area (Å²) in [5, 5.41) is 3.43. The lowest BCUT2D eigenvalue weighted by molar-refractivity contribution is 0.703. The van der Waals surface area contributed by atoms with Crippen molar-refractivity contribution < 1.29 is 0 Å². The van der Waals surface area contributed by atoms with Crippen LogP contribution in [0.25, 0.3) is 0 Å². The third-order valence-corrected chi connectivity index (χ3v) is 2.82. The Balaban J connectivity index is 2.19. The van der Waals surface area contributed by atoms with E-state index in [1.54, 1.807) is 0 Å². The third kappa shape index (κ3) is 1.13. The van der Waals surface area contributed by atoms with E-state index in [0.29, 0.717) is 0 Å². The number of hydrogen-bond donors (Lipinski definition) is 1. The van der Waals surface area contributed by atoms with E-state index in [1.165, 1.54) is 11.3 Å². The molecule has 2 heterocycles. The summed E-state index contributed by atoms with van der Waals surface area (Å²) in [7, 11) is 0. The second-order valence-corrected chi connectivity index (χ2v) is 3.72. The zero-order valence-electron chi connectivity index (χ0n) is 8.03. The predicted molar refractivity (Wildman–Crippen MR) is 58.5 cm³/mol. The molecule has 2 aliphatic heterocycles. The Bertz CT molecular complexity index is 384. The predicted octanol–water partition coefficient (Wildman–Crippen LogP) is 1.31. The maximum Gasteiger partial charge on any atom is 0.0863 e. The zero-order chi connectivity index (χ0) is 9.38. The van der Waals surface area contributed by atoms with Crippen molar-refractivity contribution in [2.75, 3.05) is 24.5 Å². The number of nitrogens with one attached hydrogen (secondary N) is 1. The van der Waals surface area contributed by atoms with Gasteiger partial charge in [0.1, 0.15) is 0 Å². The van der Waals surface area contributed by atoms with Crippen LogP contribution >= 0.6 is 0 Å². The smallest absolute Gasteiger partial charge is 0.0863 e. The topological polar surface area (TPSA) is 27.6 Å². The molecule has 0 bridgehead atoms. The maximum atomic E-state index is 4.43. The number of aliphatic imine (C=N–C) groups is 1. The van der Waals surface area contributed by atoms with Crippen LogP contribution < -0.4 is 10.2 Å². The van der Waals surface area contributed by atoms with Gasteiger partial charge in [0.25, 0.3) is 0 Å². The molecule has 0 aromatic heterocycles. The average Bonchev–Trinajstić information content (AvgIpc) is 2.44. The largest absolute Gasteiger partial charge is 0.363 e. The van der Waals surface area contributed by atoms with Gasteiger partial charge < -0.3 is 10.2 Å². The molecular weight excluding hydrogens is 174 g/mol. The summed E-state index contributed by atoms with van der Waals surface area (Å²) in [6.07, 6.45) is 2.00. The maximum absolute atomic E-state index is 4.43. The number of benzene rings is 1.